The number of nitrogens with zero attached hydrogens (tertiary/aromatic N) is 1. The fourth-order valence-corrected chi connectivity index (χ4v) is 1.94. The van der Waals surface area contributed by atoms with Gasteiger partial charge in [0.2, 0.25) is 0 Å². The van der Waals surface area contributed by atoms with Gasteiger partial charge >= 0.3 is 12.1 Å². The molecule has 0 unspecified atom stereocenters. The lowest BCUT2D eigenvalue weighted by Crippen LogP contribution is -2.34. The Bertz CT molecular complexity index is 481. The lowest BCUT2D eigenvalue weighted by atomic mass is 10.1. The predicted octanol–water partition coefficient (Wildman–Crippen LogP) is 3.56. The molecule has 0 radical (unpaired) electrons. The lowest BCUT2D eigenvalue weighted by molar-refractivity contribution is -0.147. The fourth-order valence-electron chi connectivity index (χ4n) is 1.94. The van der Waals surface area contributed by atoms with Crippen LogP contribution in [-0.2, 0) is 11.3 Å². The molecule has 3 nitrogen and oxygen atoms in total. The van der Waals surface area contributed by atoms with E-state index in [4.69, 9.17) is 5.11 Å². The van der Waals surface area contributed by atoms with Gasteiger partial charge in [0.05, 0.1) is 6.54 Å². The minimum Gasteiger partial charge on any atom is -0.478 e. The largest absolute Gasteiger partial charge is 0.478 e. The number of aliphatic carboxylic acids is 1. The summed E-state index contributed by atoms with van der Waals surface area (Å²) in [5.74, 6) is -1.04. The number of halogens is 3. The summed E-state index contributed by atoms with van der Waals surface area (Å²) in [6.07, 6.45) is -1.11. The van der Waals surface area contributed by atoms with Crippen molar-refractivity contribution in [3.05, 3.63) is 41.5 Å². The molecule has 0 aliphatic heterocycles. The van der Waals surface area contributed by atoms with Crippen molar-refractivity contribution in [2.45, 2.75) is 26.1 Å². The first kappa shape index (κ1) is 17.2. The van der Waals surface area contributed by atoms with Crippen molar-refractivity contribution in [3.8, 4) is 0 Å². The molecule has 0 atom stereocenters. The first-order valence-electron chi connectivity index (χ1n) is 6.59. The van der Waals surface area contributed by atoms with Gasteiger partial charge in [-0.15, -0.1) is 0 Å². The molecule has 0 aromatic heterocycles. The van der Waals surface area contributed by atoms with Gasteiger partial charge in [0, 0.05) is 12.6 Å². The molecular formula is C15H18F3NO2. The van der Waals surface area contributed by atoms with Crippen LogP contribution in [0, 0.1) is 0 Å². The van der Waals surface area contributed by atoms with E-state index in [2.05, 4.69) is 0 Å². The quantitative estimate of drug-likeness (QED) is 0.783. The van der Waals surface area contributed by atoms with Crippen molar-refractivity contribution in [2.24, 2.45) is 0 Å². The Labute approximate surface area is 121 Å². The van der Waals surface area contributed by atoms with Crippen LogP contribution >= 0.6 is 0 Å². The summed E-state index contributed by atoms with van der Waals surface area (Å²) in [6, 6.07) is 6.79. The van der Waals surface area contributed by atoms with Crippen LogP contribution in [0.5, 0.6) is 0 Å². The maximum absolute atomic E-state index is 12.5. The first-order chi connectivity index (χ1) is 9.80. The van der Waals surface area contributed by atoms with Crippen LogP contribution in [0.4, 0.5) is 13.2 Å². The summed E-state index contributed by atoms with van der Waals surface area (Å²) in [5, 5.41) is 8.52. The van der Waals surface area contributed by atoms with E-state index in [9.17, 15) is 18.0 Å². The minimum absolute atomic E-state index is 0.219. The number of carboxylic acid groups (broad SMARTS) is 1. The van der Waals surface area contributed by atoms with Crippen LogP contribution in [0.1, 0.15) is 24.5 Å². The molecule has 1 aromatic carbocycles. The lowest BCUT2D eigenvalue weighted by Gasteiger charge is -2.23. The van der Waals surface area contributed by atoms with E-state index >= 15 is 0 Å². The average molecular weight is 301 g/mol. The van der Waals surface area contributed by atoms with Crippen molar-refractivity contribution < 1.29 is 23.1 Å². The standard InChI is InChI=1S/C15H18F3NO2/c1-2-9-19(11-15(16,17)18)10-13-5-3-12(4-6-13)7-8-14(20)21/h3-8H,2,9-11H2,1H3,(H,20,21). The molecule has 21 heavy (non-hydrogen) atoms. The third kappa shape index (κ3) is 7.51. The highest BCUT2D eigenvalue weighted by Crippen LogP contribution is 2.18. The zero-order chi connectivity index (χ0) is 15.9. The van der Waals surface area contributed by atoms with Gasteiger partial charge in [-0.3, -0.25) is 4.90 Å². The van der Waals surface area contributed by atoms with E-state index in [1.807, 2.05) is 6.92 Å². The number of carboxylic acids is 1. The monoisotopic (exact) mass is 301 g/mol. The van der Waals surface area contributed by atoms with Crippen molar-refractivity contribution in [1.82, 2.24) is 4.90 Å². The molecular weight excluding hydrogens is 283 g/mol. The summed E-state index contributed by atoms with van der Waals surface area (Å²) in [7, 11) is 0. The SMILES string of the molecule is CCCN(Cc1ccc(C=CC(=O)O)cc1)CC(F)(F)F. The molecule has 0 aliphatic carbocycles. The number of hydrogen-bond donors (Lipinski definition) is 1. The molecule has 1 rings (SSSR count). The maximum Gasteiger partial charge on any atom is 0.401 e. The second-order valence-corrected chi connectivity index (χ2v) is 4.74. The summed E-state index contributed by atoms with van der Waals surface area (Å²) in [6.45, 7) is 1.50. The predicted molar refractivity (Wildman–Crippen MR) is 74.7 cm³/mol. The van der Waals surface area contributed by atoms with Gasteiger partial charge in [0.25, 0.3) is 0 Å². The van der Waals surface area contributed by atoms with Crippen molar-refractivity contribution in [3.63, 3.8) is 0 Å². The minimum atomic E-state index is -4.21. The molecule has 0 spiro atoms. The van der Waals surface area contributed by atoms with Gasteiger partial charge in [-0.05, 0) is 30.2 Å². The number of rotatable bonds is 7. The molecule has 6 heteroatoms. The molecule has 0 heterocycles. The third-order valence-corrected chi connectivity index (χ3v) is 2.75. The highest BCUT2D eigenvalue weighted by Gasteiger charge is 2.30. The van der Waals surface area contributed by atoms with E-state index in [0.717, 1.165) is 11.6 Å². The Kier molecular flexibility index (Phi) is 6.42. The van der Waals surface area contributed by atoms with Gasteiger partial charge in [0.15, 0.2) is 0 Å². The third-order valence-electron chi connectivity index (χ3n) is 2.75. The van der Waals surface area contributed by atoms with Gasteiger partial charge in [-0.2, -0.15) is 13.2 Å². The van der Waals surface area contributed by atoms with E-state index in [1.54, 1.807) is 24.3 Å². The van der Waals surface area contributed by atoms with Crippen LogP contribution in [0.2, 0.25) is 0 Å². The zero-order valence-electron chi connectivity index (χ0n) is 11.7. The van der Waals surface area contributed by atoms with Crippen molar-refractivity contribution in [1.29, 1.82) is 0 Å². The van der Waals surface area contributed by atoms with E-state index < -0.39 is 18.7 Å². The normalized spacial score (nSPS) is 12.2. The Morgan fingerprint density at radius 1 is 1.29 bits per heavy atom. The summed E-state index contributed by atoms with van der Waals surface area (Å²) < 4.78 is 37.4. The van der Waals surface area contributed by atoms with Crippen LogP contribution < -0.4 is 0 Å². The Morgan fingerprint density at radius 3 is 2.38 bits per heavy atom. The van der Waals surface area contributed by atoms with Gasteiger partial charge in [-0.25, -0.2) is 4.79 Å². The van der Waals surface area contributed by atoms with Crippen molar-refractivity contribution >= 4 is 12.0 Å². The topological polar surface area (TPSA) is 40.5 Å². The molecule has 0 amide bonds. The number of benzene rings is 1. The number of hydrogen-bond acceptors (Lipinski definition) is 2. The summed E-state index contributed by atoms with van der Waals surface area (Å²) in [5.41, 5.74) is 1.46. The second-order valence-electron chi connectivity index (χ2n) is 4.74. The molecule has 116 valence electrons. The van der Waals surface area contributed by atoms with E-state index in [0.29, 0.717) is 18.5 Å². The van der Waals surface area contributed by atoms with Crippen LogP contribution in [0.25, 0.3) is 6.08 Å². The molecule has 0 fully saturated rings. The molecule has 0 bridgehead atoms. The average Bonchev–Trinajstić information content (AvgIpc) is 2.36. The van der Waals surface area contributed by atoms with Gasteiger partial charge in [-0.1, -0.05) is 31.2 Å². The Balaban J connectivity index is 2.69. The smallest absolute Gasteiger partial charge is 0.401 e. The second kappa shape index (κ2) is 7.83. The molecule has 0 saturated heterocycles. The van der Waals surface area contributed by atoms with Crippen molar-refractivity contribution in [2.75, 3.05) is 13.1 Å². The highest BCUT2D eigenvalue weighted by atomic mass is 19.4. The Hall–Kier alpha value is -1.82. The van der Waals surface area contributed by atoms with E-state index in [-0.39, 0.29) is 6.54 Å². The van der Waals surface area contributed by atoms with Crippen LogP contribution in [0.3, 0.4) is 0 Å². The summed E-state index contributed by atoms with van der Waals surface area (Å²) >= 11 is 0. The number of alkyl halides is 3. The maximum atomic E-state index is 12.5. The Morgan fingerprint density at radius 2 is 1.90 bits per heavy atom. The van der Waals surface area contributed by atoms with E-state index in [1.165, 1.54) is 11.0 Å². The molecule has 0 saturated carbocycles. The molecule has 0 aliphatic rings. The van der Waals surface area contributed by atoms with Crippen LogP contribution in [0.15, 0.2) is 30.3 Å². The fraction of sp³-hybridized carbons (Fsp3) is 0.400. The molecule has 1 N–H and O–H groups in total. The van der Waals surface area contributed by atoms with Gasteiger partial charge < -0.3 is 5.11 Å². The number of carbonyl (C=O) groups is 1. The van der Waals surface area contributed by atoms with Gasteiger partial charge in [0.1, 0.15) is 0 Å². The molecule has 1 aromatic rings. The summed E-state index contributed by atoms with van der Waals surface area (Å²) in [4.78, 5) is 11.7. The zero-order valence-corrected chi connectivity index (χ0v) is 11.7. The first-order valence-corrected chi connectivity index (χ1v) is 6.59. The highest BCUT2D eigenvalue weighted by molar-refractivity contribution is 5.85. The van der Waals surface area contributed by atoms with Crippen LogP contribution in [-0.4, -0.2) is 35.2 Å².